The number of likely N-dealkylation sites (tertiary alicyclic amines) is 1. The summed E-state index contributed by atoms with van der Waals surface area (Å²) in [4.78, 5) is 18.2. The minimum absolute atomic E-state index is 0.225. The number of carbonyl (C=O) groups is 1. The van der Waals surface area contributed by atoms with Gasteiger partial charge in [-0.1, -0.05) is 0 Å². The van der Waals surface area contributed by atoms with Crippen LogP contribution < -0.4 is 5.32 Å². The monoisotopic (exact) mass is 291 g/mol. The van der Waals surface area contributed by atoms with Crippen LogP contribution in [-0.4, -0.2) is 40.7 Å². The van der Waals surface area contributed by atoms with Gasteiger partial charge in [-0.05, 0) is 52.7 Å². The summed E-state index contributed by atoms with van der Waals surface area (Å²) in [5, 5.41) is 3.48. The zero-order chi connectivity index (χ0) is 15.5. The number of nitrogens with one attached hydrogen (secondary N) is 1. The van der Waals surface area contributed by atoms with Crippen molar-refractivity contribution in [2.24, 2.45) is 0 Å². The van der Waals surface area contributed by atoms with Gasteiger partial charge >= 0.3 is 6.09 Å². The van der Waals surface area contributed by atoms with Crippen molar-refractivity contribution in [3.8, 4) is 0 Å². The van der Waals surface area contributed by atoms with Gasteiger partial charge in [-0.3, -0.25) is 4.98 Å². The third-order valence-corrected chi connectivity index (χ3v) is 3.44. The van der Waals surface area contributed by atoms with Gasteiger partial charge in [0.2, 0.25) is 0 Å². The number of hydrogen-bond donors (Lipinski definition) is 1. The third kappa shape index (κ3) is 4.62. The van der Waals surface area contributed by atoms with E-state index in [4.69, 9.17) is 4.74 Å². The summed E-state index contributed by atoms with van der Waals surface area (Å²) in [6.45, 7) is 9.09. The summed E-state index contributed by atoms with van der Waals surface area (Å²) >= 11 is 0. The summed E-state index contributed by atoms with van der Waals surface area (Å²) in [5.74, 6) is 0. The lowest BCUT2D eigenvalue weighted by molar-refractivity contribution is 0.0206. The van der Waals surface area contributed by atoms with E-state index < -0.39 is 5.60 Å². The highest BCUT2D eigenvalue weighted by molar-refractivity contribution is 5.68. The predicted octanol–water partition coefficient (Wildman–Crippen LogP) is 3.20. The van der Waals surface area contributed by atoms with E-state index in [0.29, 0.717) is 6.54 Å². The molecule has 1 atom stereocenters. The molecule has 0 bridgehead atoms. The maximum Gasteiger partial charge on any atom is 0.410 e. The number of piperidine rings is 1. The topological polar surface area (TPSA) is 54.5 Å². The molecule has 0 spiro atoms. The van der Waals surface area contributed by atoms with Crippen molar-refractivity contribution in [3.05, 3.63) is 24.0 Å². The van der Waals surface area contributed by atoms with Gasteiger partial charge in [-0.15, -0.1) is 0 Å². The smallest absolute Gasteiger partial charge is 0.410 e. The number of hydrogen-bond acceptors (Lipinski definition) is 4. The van der Waals surface area contributed by atoms with Gasteiger partial charge in [0.05, 0.1) is 11.4 Å². The highest BCUT2D eigenvalue weighted by Gasteiger charge is 2.27. The zero-order valence-electron chi connectivity index (χ0n) is 13.3. The number of aryl methyl sites for hydroxylation is 1. The molecular weight excluding hydrogens is 266 g/mol. The molecule has 5 nitrogen and oxygen atoms in total. The molecule has 5 heteroatoms. The fraction of sp³-hybridized carbons (Fsp3) is 0.625. The molecule has 21 heavy (non-hydrogen) atoms. The van der Waals surface area contributed by atoms with E-state index in [2.05, 4.69) is 10.3 Å². The minimum Gasteiger partial charge on any atom is -0.444 e. The van der Waals surface area contributed by atoms with Crippen LogP contribution in [-0.2, 0) is 4.74 Å². The first-order valence-electron chi connectivity index (χ1n) is 7.51. The highest BCUT2D eigenvalue weighted by Crippen LogP contribution is 2.19. The van der Waals surface area contributed by atoms with Crippen molar-refractivity contribution in [3.63, 3.8) is 0 Å². The largest absolute Gasteiger partial charge is 0.444 e. The van der Waals surface area contributed by atoms with Gasteiger partial charge in [0.25, 0.3) is 0 Å². The maximum atomic E-state index is 12.1. The molecule has 1 saturated heterocycles. The molecule has 0 aliphatic carbocycles. The molecule has 1 aliphatic rings. The fourth-order valence-corrected chi connectivity index (χ4v) is 2.44. The van der Waals surface area contributed by atoms with Gasteiger partial charge in [-0.2, -0.15) is 0 Å². The maximum absolute atomic E-state index is 12.1. The van der Waals surface area contributed by atoms with E-state index in [9.17, 15) is 4.79 Å². The quantitative estimate of drug-likeness (QED) is 0.909. The van der Waals surface area contributed by atoms with Crippen molar-refractivity contribution in [2.45, 2.75) is 52.2 Å². The van der Waals surface area contributed by atoms with Crippen LogP contribution in [0.15, 0.2) is 18.3 Å². The lowest BCUT2D eigenvalue weighted by atomic mass is 10.1. The van der Waals surface area contributed by atoms with Crippen molar-refractivity contribution < 1.29 is 9.53 Å². The van der Waals surface area contributed by atoms with Crippen LogP contribution in [0.2, 0.25) is 0 Å². The van der Waals surface area contributed by atoms with Crippen LogP contribution in [0, 0.1) is 6.92 Å². The van der Waals surface area contributed by atoms with Crippen molar-refractivity contribution in [1.82, 2.24) is 9.88 Å². The minimum atomic E-state index is -0.447. The molecule has 1 N–H and O–H groups in total. The lowest BCUT2D eigenvalue weighted by Gasteiger charge is -2.35. The second-order valence-corrected chi connectivity index (χ2v) is 6.55. The standard InChI is InChI=1S/C16H25N3O2/c1-12-14(8-5-9-17-12)18-13-7-6-10-19(11-13)15(20)21-16(2,3)4/h5,8-9,13,18H,6-7,10-11H2,1-4H3. The van der Waals surface area contributed by atoms with Gasteiger partial charge in [-0.25, -0.2) is 4.79 Å². The van der Waals surface area contributed by atoms with Gasteiger partial charge in [0.1, 0.15) is 5.60 Å². The summed E-state index contributed by atoms with van der Waals surface area (Å²) in [6.07, 6.45) is 3.59. The number of pyridine rings is 1. The van der Waals surface area contributed by atoms with E-state index in [-0.39, 0.29) is 12.1 Å². The van der Waals surface area contributed by atoms with Crippen molar-refractivity contribution in [2.75, 3.05) is 18.4 Å². The molecule has 2 rings (SSSR count). The zero-order valence-corrected chi connectivity index (χ0v) is 13.3. The Morgan fingerprint density at radius 3 is 2.90 bits per heavy atom. The molecule has 1 aliphatic heterocycles. The SMILES string of the molecule is Cc1ncccc1NC1CCCN(C(=O)OC(C)(C)C)C1. The molecular formula is C16H25N3O2. The molecule has 1 fully saturated rings. The average Bonchev–Trinajstić information content (AvgIpc) is 2.40. The number of anilines is 1. The summed E-state index contributed by atoms with van der Waals surface area (Å²) < 4.78 is 5.45. The molecule has 1 aromatic rings. The van der Waals surface area contributed by atoms with Crippen LogP contribution in [0.1, 0.15) is 39.3 Å². The lowest BCUT2D eigenvalue weighted by Crippen LogP contribution is -2.47. The van der Waals surface area contributed by atoms with Gasteiger partial charge < -0.3 is 15.0 Å². The van der Waals surface area contributed by atoms with Crippen LogP contribution in [0.25, 0.3) is 0 Å². The Morgan fingerprint density at radius 1 is 1.48 bits per heavy atom. The van der Waals surface area contributed by atoms with Gasteiger partial charge in [0, 0.05) is 25.3 Å². The molecule has 1 unspecified atom stereocenters. The first-order chi connectivity index (χ1) is 9.85. The Balaban J connectivity index is 1.95. The first kappa shape index (κ1) is 15.6. The number of nitrogens with zero attached hydrogens (tertiary/aromatic N) is 2. The van der Waals surface area contributed by atoms with E-state index in [1.165, 1.54) is 0 Å². The number of amides is 1. The van der Waals surface area contributed by atoms with E-state index >= 15 is 0 Å². The van der Waals surface area contributed by atoms with Crippen LogP contribution in [0.5, 0.6) is 0 Å². The van der Waals surface area contributed by atoms with Crippen molar-refractivity contribution >= 4 is 11.8 Å². The molecule has 1 aromatic heterocycles. The van der Waals surface area contributed by atoms with E-state index in [1.807, 2.05) is 39.8 Å². The Labute approximate surface area is 126 Å². The van der Waals surface area contributed by atoms with E-state index in [1.54, 1.807) is 11.1 Å². The van der Waals surface area contributed by atoms with Gasteiger partial charge in [0.15, 0.2) is 0 Å². The Bertz CT molecular complexity index is 497. The predicted molar refractivity (Wildman–Crippen MR) is 83.4 cm³/mol. The summed E-state index contributed by atoms with van der Waals surface area (Å²) in [7, 11) is 0. The van der Waals surface area contributed by atoms with Crippen molar-refractivity contribution in [1.29, 1.82) is 0 Å². The Kier molecular flexibility index (Phi) is 4.70. The van der Waals surface area contributed by atoms with E-state index in [0.717, 1.165) is 30.8 Å². The fourth-order valence-electron chi connectivity index (χ4n) is 2.44. The Hall–Kier alpha value is -1.78. The average molecular weight is 291 g/mol. The number of carbonyl (C=O) groups excluding carboxylic acids is 1. The molecule has 116 valence electrons. The molecule has 0 saturated carbocycles. The second-order valence-electron chi connectivity index (χ2n) is 6.55. The van der Waals surface area contributed by atoms with Crippen LogP contribution >= 0.6 is 0 Å². The number of ether oxygens (including phenoxy) is 1. The third-order valence-electron chi connectivity index (χ3n) is 3.44. The summed E-state index contributed by atoms with van der Waals surface area (Å²) in [5.41, 5.74) is 1.57. The van der Waals surface area contributed by atoms with Crippen LogP contribution in [0.4, 0.5) is 10.5 Å². The Morgan fingerprint density at radius 2 is 2.24 bits per heavy atom. The normalized spacial score (nSPS) is 19.2. The number of rotatable bonds is 2. The molecule has 2 heterocycles. The highest BCUT2D eigenvalue weighted by atomic mass is 16.6. The first-order valence-corrected chi connectivity index (χ1v) is 7.51. The van der Waals surface area contributed by atoms with Crippen LogP contribution in [0.3, 0.4) is 0 Å². The molecule has 0 radical (unpaired) electrons. The summed E-state index contributed by atoms with van der Waals surface area (Å²) in [6, 6.07) is 4.19. The second kappa shape index (κ2) is 6.33. The molecule has 0 aromatic carbocycles. The number of aromatic nitrogens is 1. The molecule has 1 amide bonds.